The Morgan fingerprint density at radius 3 is 2.41 bits per heavy atom. The van der Waals surface area contributed by atoms with Crippen molar-refractivity contribution in [2.24, 2.45) is 0 Å². The molecule has 3 aromatic carbocycles. The van der Waals surface area contributed by atoms with Crippen LogP contribution in [-0.4, -0.2) is 55.7 Å². The lowest BCUT2D eigenvalue weighted by molar-refractivity contribution is -0.113. The number of nitrogens with zero attached hydrogens (tertiary/aromatic N) is 5. The van der Waals surface area contributed by atoms with Gasteiger partial charge in [0.1, 0.15) is 18.9 Å². The molecule has 49 heavy (non-hydrogen) atoms. The summed E-state index contributed by atoms with van der Waals surface area (Å²) in [5, 5.41) is 19.2. The highest BCUT2D eigenvalue weighted by Gasteiger charge is 2.18. The molecule has 0 saturated carbocycles. The minimum absolute atomic E-state index is 0.107. The molecule has 6 aromatic rings. The van der Waals surface area contributed by atoms with Crippen LogP contribution < -0.4 is 20.1 Å². The van der Waals surface area contributed by atoms with Crippen LogP contribution in [-0.2, 0) is 17.8 Å². The predicted octanol–water partition coefficient (Wildman–Crippen LogP) is 5.98. The van der Waals surface area contributed by atoms with Gasteiger partial charge >= 0.3 is 0 Å². The summed E-state index contributed by atoms with van der Waals surface area (Å²) < 4.78 is 18.6. The SMILES string of the molecule is CCc1ccc(-n2c(SCC(=O)Nc3ccc(C(=O)NCc4cc(-c5ccc6c(c5)OCCO6)on4)cc3)nnc2-c2ccncc2)cc1. The zero-order valence-electron chi connectivity index (χ0n) is 26.5. The molecule has 4 heterocycles. The molecule has 0 radical (unpaired) electrons. The number of rotatable bonds is 11. The monoisotopic (exact) mass is 673 g/mol. The highest BCUT2D eigenvalue weighted by Crippen LogP contribution is 2.35. The average Bonchev–Trinajstić information content (AvgIpc) is 3.81. The number of thioether (sulfide) groups is 1. The van der Waals surface area contributed by atoms with Crippen LogP contribution in [0.1, 0.15) is 28.5 Å². The van der Waals surface area contributed by atoms with Gasteiger partial charge in [-0.05, 0) is 78.7 Å². The van der Waals surface area contributed by atoms with E-state index in [1.54, 1.807) is 42.7 Å². The number of hydrogen-bond acceptors (Lipinski definition) is 10. The summed E-state index contributed by atoms with van der Waals surface area (Å²) in [6.07, 6.45) is 4.35. The van der Waals surface area contributed by atoms with Gasteiger partial charge in [0.15, 0.2) is 28.2 Å². The van der Waals surface area contributed by atoms with Crippen molar-refractivity contribution >= 4 is 29.3 Å². The lowest BCUT2D eigenvalue weighted by Crippen LogP contribution is -2.23. The van der Waals surface area contributed by atoms with Crippen LogP contribution in [0.5, 0.6) is 11.5 Å². The van der Waals surface area contributed by atoms with E-state index in [1.807, 2.05) is 47.0 Å². The Labute approximate surface area is 285 Å². The van der Waals surface area contributed by atoms with Crippen molar-refractivity contribution in [1.82, 2.24) is 30.2 Å². The molecule has 0 saturated heterocycles. The third-order valence-electron chi connectivity index (χ3n) is 7.75. The lowest BCUT2D eigenvalue weighted by Gasteiger charge is -2.18. The van der Waals surface area contributed by atoms with Gasteiger partial charge in [0.2, 0.25) is 5.91 Å². The first kappa shape index (κ1) is 31.6. The van der Waals surface area contributed by atoms with E-state index >= 15 is 0 Å². The van der Waals surface area contributed by atoms with Crippen LogP contribution in [0.4, 0.5) is 5.69 Å². The van der Waals surface area contributed by atoms with E-state index in [0.29, 0.717) is 58.4 Å². The number of aromatic nitrogens is 5. The topological polar surface area (TPSA) is 146 Å². The first-order chi connectivity index (χ1) is 24.0. The van der Waals surface area contributed by atoms with Crippen LogP contribution in [0.25, 0.3) is 28.4 Å². The number of carbonyl (C=O) groups is 2. The van der Waals surface area contributed by atoms with Gasteiger partial charge in [-0.1, -0.05) is 36.0 Å². The number of amides is 2. The fourth-order valence-electron chi connectivity index (χ4n) is 5.20. The minimum Gasteiger partial charge on any atom is -0.486 e. The molecule has 7 rings (SSSR count). The van der Waals surface area contributed by atoms with Crippen molar-refractivity contribution < 1.29 is 23.6 Å². The summed E-state index contributed by atoms with van der Waals surface area (Å²) in [4.78, 5) is 29.9. The van der Waals surface area contributed by atoms with Gasteiger partial charge in [-0.15, -0.1) is 10.2 Å². The van der Waals surface area contributed by atoms with E-state index in [1.165, 1.54) is 17.3 Å². The second-order valence-electron chi connectivity index (χ2n) is 11.0. The van der Waals surface area contributed by atoms with E-state index in [4.69, 9.17) is 14.0 Å². The van der Waals surface area contributed by atoms with Crippen molar-refractivity contribution in [3.8, 4) is 39.9 Å². The number of ether oxygens (including phenoxy) is 2. The van der Waals surface area contributed by atoms with E-state index in [2.05, 4.69) is 50.0 Å². The van der Waals surface area contributed by atoms with Gasteiger partial charge in [-0.3, -0.25) is 19.1 Å². The summed E-state index contributed by atoms with van der Waals surface area (Å²) in [5.41, 5.74) is 5.35. The zero-order chi connectivity index (χ0) is 33.6. The molecular weight excluding hydrogens is 643 g/mol. The lowest BCUT2D eigenvalue weighted by atomic mass is 10.1. The normalized spacial score (nSPS) is 12.0. The molecule has 0 aliphatic carbocycles. The summed E-state index contributed by atoms with van der Waals surface area (Å²) in [6.45, 7) is 3.30. The predicted molar refractivity (Wildman–Crippen MR) is 184 cm³/mol. The van der Waals surface area contributed by atoms with Crippen LogP contribution in [0.2, 0.25) is 0 Å². The first-order valence-electron chi connectivity index (χ1n) is 15.7. The summed E-state index contributed by atoms with van der Waals surface area (Å²) in [5.74, 6) is 2.17. The maximum atomic E-state index is 12.9. The standard InChI is InChI=1S/C36H31N7O5S/c1-2-23-3-10-29(11-4-23)43-34(24-13-15-37-16-14-24)40-41-36(43)49-22-33(44)39-27-8-5-25(6-9-27)35(45)38-21-28-20-31(48-42-28)26-7-12-30-32(19-26)47-18-17-46-30/h3-16,19-20H,2,17-18,21-22H2,1H3,(H,38,45)(H,39,44). The Morgan fingerprint density at radius 2 is 1.63 bits per heavy atom. The third-order valence-corrected chi connectivity index (χ3v) is 8.68. The molecule has 0 unspecified atom stereocenters. The Balaban J connectivity index is 0.943. The van der Waals surface area contributed by atoms with Gasteiger partial charge in [-0.2, -0.15) is 0 Å². The van der Waals surface area contributed by atoms with E-state index in [0.717, 1.165) is 23.2 Å². The van der Waals surface area contributed by atoms with Crippen molar-refractivity contribution in [2.75, 3.05) is 24.3 Å². The molecule has 246 valence electrons. The number of pyridine rings is 1. The van der Waals surface area contributed by atoms with Gasteiger partial charge in [-0.25, -0.2) is 0 Å². The number of hydrogen-bond donors (Lipinski definition) is 2. The van der Waals surface area contributed by atoms with Crippen LogP contribution >= 0.6 is 11.8 Å². The molecule has 1 aliphatic heterocycles. The Morgan fingerprint density at radius 1 is 0.857 bits per heavy atom. The van der Waals surface area contributed by atoms with Crippen molar-refractivity contribution in [3.05, 3.63) is 114 Å². The van der Waals surface area contributed by atoms with Crippen LogP contribution in [0.3, 0.4) is 0 Å². The molecule has 1 aliphatic rings. The Kier molecular flexibility index (Phi) is 9.32. The fraction of sp³-hybridized carbons (Fsp3) is 0.167. The van der Waals surface area contributed by atoms with E-state index in [-0.39, 0.29) is 24.1 Å². The third kappa shape index (κ3) is 7.31. The second-order valence-corrected chi connectivity index (χ2v) is 12.0. The highest BCUT2D eigenvalue weighted by atomic mass is 32.2. The second kappa shape index (κ2) is 14.4. The number of aryl methyl sites for hydroxylation is 1. The maximum absolute atomic E-state index is 12.9. The molecule has 0 spiro atoms. The molecule has 2 amide bonds. The molecule has 0 bridgehead atoms. The molecule has 12 nitrogen and oxygen atoms in total. The fourth-order valence-corrected chi connectivity index (χ4v) is 5.95. The Hall–Kier alpha value is -5.95. The smallest absolute Gasteiger partial charge is 0.251 e. The Bertz CT molecular complexity index is 2080. The summed E-state index contributed by atoms with van der Waals surface area (Å²) in [7, 11) is 0. The van der Waals surface area contributed by atoms with Gasteiger partial charge < -0.3 is 24.6 Å². The minimum atomic E-state index is -0.284. The summed E-state index contributed by atoms with van der Waals surface area (Å²) >= 11 is 1.29. The van der Waals surface area contributed by atoms with E-state index < -0.39 is 0 Å². The number of fused-ring (bicyclic) bond motifs is 1. The van der Waals surface area contributed by atoms with Gasteiger partial charge in [0.25, 0.3) is 5.91 Å². The largest absolute Gasteiger partial charge is 0.486 e. The van der Waals surface area contributed by atoms with Gasteiger partial charge in [0.05, 0.1) is 12.3 Å². The number of carbonyl (C=O) groups excluding carboxylic acids is 2. The highest BCUT2D eigenvalue weighted by molar-refractivity contribution is 7.99. The summed E-state index contributed by atoms with van der Waals surface area (Å²) in [6, 6.07) is 25.9. The molecule has 0 atom stereocenters. The van der Waals surface area contributed by atoms with Crippen molar-refractivity contribution in [2.45, 2.75) is 25.0 Å². The maximum Gasteiger partial charge on any atom is 0.251 e. The van der Waals surface area contributed by atoms with Crippen molar-refractivity contribution in [1.29, 1.82) is 0 Å². The molecular formula is C36H31N7O5S. The molecule has 3 aromatic heterocycles. The van der Waals surface area contributed by atoms with E-state index in [9.17, 15) is 9.59 Å². The molecule has 0 fully saturated rings. The zero-order valence-corrected chi connectivity index (χ0v) is 27.3. The number of anilines is 1. The number of benzene rings is 3. The molecule has 2 N–H and O–H groups in total. The number of nitrogens with one attached hydrogen (secondary N) is 2. The van der Waals surface area contributed by atoms with Gasteiger partial charge in [0, 0.05) is 46.5 Å². The molecule has 13 heteroatoms. The quantitative estimate of drug-likeness (QED) is 0.158. The first-order valence-corrected chi connectivity index (χ1v) is 16.6. The van der Waals surface area contributed by atoms with Crippen LogP contribution in [0.15, 0.2) is 107 Å². The van der Waals surface area contributed by atoms with Crippen LogP contribution in [0, 0.1) is 0 Å². The average molecular weight is 674 g/mol. The van der Waals surface area contributed by atoms with Crippen molar-refractivity contribution in [3.63, 3.8) is 0 Å².